The lowest BCUT2D eigenvalue weighted by atomic mass is 10.2. The van der Waals surface area contributed by atoms with Crippen molar-refractivity contribution in [3.63, 3.8) is 0 Å². The van der Waals surface area contributed by atoms with Crippen LogP contribution in [0.2, 0.25) is 0 Å². The van der Waals surface area contributed by atoms with Crippen molar-refractivity contribution in [2.24, 2.45) is 0 Å². The molecule has 1 aromatic heterocycles. The highest BCUT2D eigenvalue weighted by atomic mass is 32.2. The van der Waals surface area contributed by atoms with Crippen LogP contribution in [0.3, 0.4) is 0 Å². The number of hydrogen-bond donors (Lipinski definition) is 0. The van der Waals surface area contributed by atoms with Gasteiger partial charge in [0.05, 0.1) is 0 Å². The second-order valence-corrected chi connectivity index (χ2v) is 5.64. The molecule has 16 heavy (non-hydrogen) atoms. The lowest BCUT2D eigenvalue weighted by Gasteiger charge is -2.19. The maximum absolute atomic E-state index is 11.7. The summed E-state index contributed by atoms with van der Waals surface area (Å²) in [6.45, 7) is 5.32. The third-order valence-electron chi connectivity index (χ3n) is 1.54. The molecule has 0 aliphatic rings. The number of esters is 1. The highest BCUT2D eigenvalue weighted by Crippen LogP contribution is 2.11. The molecule has 0 aliphatic carbocycles. The number of carbonyl (C=O) groups is 1. The average Bonchev–Trinajstić information content (AvgIpc) is 2.16. The highest BCUT2D eigenvalue weighted by molar-refractivity contribution is 7.92. The third kappa shape index (κ3) is 4.63. The Morgan fingerprint density at radius 3 is 2.69 bits per heavy atom. The SMILES string of the molecule is CC(C)(C)OC(=O)C[S+]([O-])c1ccccn1. The summed E-state index contributed by atoms with van der Waals surface area (Å²) in [4.78, 5) is 15.3. The van der Waals surface area contributed by atoms with Gasteiger partial charge in [-0.15, -0.1) is 0 Å². The predicted octanol–water partition coefficient (Wildman–Crippen LogP) is 1.53. The van der Waals surface area contributed by atoms with E-state index in [1.807, 2.05) is 0 Å². The van der Waals surface area contributed by atoms with Gasteiger partial charge >= 0.3 is 5.97 Å². The van der Waals surface area contributed by atoms with E-state index in [-0.39, 0.29) is 5.75 Å². The number of aromatic nitrogens is 1. The Morgan fingerprint density at radius 1 is 1.50 bits per heavy atom. The summed E-state index contributed by atoms with van der Waals surface area (Å²) in [5, 5.41) is 0.397. The van der Waals surface area contributed by atoms with Gasteiger partial charge in [-0.1, -0.05) is 6.07 Å². The molecule has 1 unspecified atom stereocenters. The lowest BCUT2D eigenvalue weighted by Crippen LogP contribution is -2.28. The van der Waals surface area contributed by atoms with Gasteiger partial charge in [0, 0.05) is 23.4 Å². The third-order valence-corrected chi connectivity index (χ3v) is 2.75. The number of nitrogens with zero attached hydrogens (tertiary/aromatic N) is 1. The van der Waals surface area contributed by atoms with Crippen LogP contribution >= 0.6 is 0 Å². The zero-order valence-electron chi connectivity index (χ0n) is 9.60. The largest absolute Gasteiger partial charge is 0.610 e. The molecule has 88 valence electrons. The summed E-state index contributed by atoms with van der Waals surface area (Å²) < 4.78 is 16.8. The molecule has 4 nitrogen and oxygen atoms in total. The molecule has 1 rings (SSSR count). The number of rotatable bonds is 3. The lowest BCUT2D eigenvalue weighted by molar-refractivity contribution is -0.151. The molecular formula is C11H15NO3S. The summed E-state index contributed by atoms with van der Waals surface area (Å²) in [6.07, 6.45) is 1.54. The van der Waals surface area contributed by atoms with Crippen LogP contribution in [0.1, 0.15) is 20.8 Å². The van der Waals surface area contributed by atoms with Gasteiger partial charge in [0.25, 0.3) is 0 Å². The van der Waals surface area contributed by atoms with E-state index >= 15 is 0 Å². The van der Waals surface area contributed by atoms with Crippen molar-refractivity contribution in [1.29, 1.82) is 0 Å². The van der Waals surface area contributed by atoms with Crippen LogP contribution in [0, 0.1) is 0 Å². The van der Waals surface area contributed by atoms with Gasteiger partial charge in [0.2, 0.25) is 10.8 Å². The zero-order valence-corrected chi connectivity index (χ0v) is 10.4. The predicted molar refractivity (Wildman–Crippen MR) is 61.4 cm³/mol. The topological polar surface area (TPSA) is 62.2 Å². The molecule has 1 atom stereocenters. The number of carbonyl (C=O) groups excluding carboxylic acids is 1. The van der Waals surface area contributed by atoms with Crippen LogP contribution in [0.5, 0.6) is 0 Å². The van der Waals surface area contributed by atoms with E-state index in [9.17, 15) is 9.35 Å². The molecule has 0 spiro atoms. The summed E-state index contributed by atoms with van der Waals surface area (Å²) in [5.74, 6) is -0.634. The van der Waals surface area contributed by atoms with Crippen molar-refractivity contribution in [3.05, 3.63) is 24.4 Å². The Hall–Kier alpha value is -1.07. The molecule has 1 heterocycles. The monoisotopic (exact) mass is 241 g/mol. The van der Waals surface area contributed by atoms with Crippen molar-refractivity contribution >= 4 is 17.1 Å². The Kier molecular flexibility index (Phi) is 4.32. The smallest absolute Gasteiger partial charge is 0.357 e. The van der Waals surface area contributed by atoms with E-state index in [2.05, 4.69) is 4.98 Å². The van der Waals surface area contributed by atoms with Crippen molar-refractivity contribution in [1.82, 2.24) is 4.98 Å². The first-order valence-corrected chi connectivity index (χ1v) is 6.21. The van der Waals surface area contributed by atoms with Crippen molar-refractivity contribution < 1.29 is 14.1 Å². The second kappa shape index (κ2) is 5.32. The Bertz CT molecular complexity index is 348. The molecule has 1 aromatic rings. The normalized spacial score (nSPS) is 13.2. The van der Waals surface area contributed by atoms with Gasteiger partial charge in [-0.05, 0) is 26.8 Å². The van der Waals surface area contributed by atoms with E-state index < -0.39 is 22.7 Å². The van der Waals surface area contributed by atoms with Crippen LogP contribution in [0.15, 0.2) is 29.4 Å². The molecule has 5 heteroatoms. The summed E-state index contributed by atoms with van der Waals surface area (Å²) in [7, 11) is 0. The van der Waals surface area contributed by atoms with Crippen molar-refractivity contribution in [3.8, 4) is 0 Å². The fourth-order valence-electron chi connectivity index (χ4n) is 1.03. The molecule has 0 saturated carbocycles. The minimum atomic E-state index is -1.43. The fraction of sp³-hybridized carbons (Fsp3) is 0.455. The number of ether oxygens (including phenoxy) is 1. The number of pyridine rings is 1. The van der Waals surface area contributed by atoms with E-state index in [0.29, 0.717) is 5.03 Å². The van der Waals surface area contributed by atoms with E-state index in [0.717, 1.165) is 0 Å². The zero-order chi connectivity index (χ0) is 12.2. The fourth-order valence-corrected chi connectivity index (χ4v) is 1.86. The minimum absolute atomic E-state index is 0.158. The maximum Gasteiger partial charge on any atom is 0.357 e. The quantitative estimate of drug-likeness (QED) is 0.594. The summed E-state index contributed by atoms with van der Waals surface area (Å²) in [6, 6.07) is 5.09. The second-order valence-electron chi connectivity index (χ2n) is 4.24. The van der Waals surface area contributed by atoms with Gasteiger partial charge < -0.3 is 9.29 Å². The van der Waals surface area contributed by atoms with E-state index in [4.69, 9.17) is 4.74 Å². The van der Waals surface area contributed by atoms with Gasteiger partial charge in [-0.3, -0.25) is 0 Å². The first-order chi connectivity index (χ1) is 7.38. The number of hydrogen-bond acceptors (Lipinski definition) is 4. The van der Waals surface area contributed by atoms with Crippen LogP contribution in [-0.2, 0) is 20.7 Å². The molecule has 0 N–H and O–H groups in total. The summed E-state index contributed by atoms with van der Waals surface area (Å²) >= 11 is -1.43. The van der Waals surface area contributed by atoms with Gasteiger partial charge in [-0.2, -0.15) is 0 Å². The van der Waals surface area contributed by atoms with E-state index in [1.54, 1.807) is 45.2 Å². The van der Waals surface area contributed by atoms with Gasteiger partial charge in [0.1, 0.15) is 5.60 Å². The first-order valence-electron chi connectivity index (χ1n) is 4.90. The molecule has 0 aliphatic heterocycles. The van der Waals surface area contributed by atoms with Crippen molar-refractivity contribution in [2.75, 3.05) is 5.75 Å². The highest BCUT2D eigenvalue weighted by Gasteiger charge is 2.23. The van der Waals surface area contributed by atoms with Crippen LogP contribution in [0.25, 0.3) is 0 Å². The minimum Gasteiger partial charge on any atom is -0.610 e. The van der Waals surface area contributed by atoms with Gasteiger partial charge in [-0.25, -0.2) is 9.78 Å². The van der Waals surface area contributed by atoms with Crippen LogP contribution in [0.4, 0.5) is 0 Å². The Labute approximate surface area is 98.2 Å². The van der Waals surface area contributed by atoms with Crippen LogP contribution < -0.4 is 0 Å². The molecule has 0 fully saturated rings. The summed E-state index contributed by atoms with van der Waals surface area (Å²) in [5.41, 5.74) is -0.550. The van der Waals surface area contributed by atoms with Gasteiger partial charge in [0.15, 0.2) is 0 Å². The maximum atomic E-state index is 11.7. The van der Waals surface area contributed by atoms with Crippen molar-refractivity contribution in [2.45, 2.75) is 31.4 Å². The molecule has 0 radical (unpaired) electrons. The Balaban J connectivity index is 2.52. The van der Waals surface area contributed by atoms with E-state index in [1.165, 1.54) is 0 Å². The molecule has 0 bridgehead atoms. The Morgan fingerprint density at radius 2 is 2.19 bits per heavy atom. The molecule has 0 aromatic carbocycles. The average molecular weight is 241 g/mol. The molecule has 0 saturated heterocycles. The van der Waals surface area contributed by atoms with Crippen LogP contribution in [-0.4, -0.2) is 26.9 Å². The molecular weight excluding hydrogens is 226 g/mol. The first kappa shape index (κ1) is 13.0. The molecule has 0 amide bonds. The standard InChI is InChI=1S/C11H15NO3S/c1-11(2,3)15-10(13)8-16(14)9-6-4-5-7-12-9/h4-7H,8H2,1-3H3.